The minimum absolute atomic E-state index is 0.00677. The third-order valence-corrected chi connectivity index (χ3v) is 5.06. The van der Waals surface area contributed by atoms with E-state index in [0.29, 0.717) is 12.3 Å². The third kappa shape index (κ3) is 3.81. The number of nitrogens with one attached hydrogen (secondary N) is 1. The quantitative estimate of drug-likeness (QED) is 0.796. The van der Waals surface area contributed by atoms with Crippen molar-refractivity contribution in [1.29, 1.82) is 0 Å². The lowest BCUT2D eigenvalue weighted by atomic mass is 10.2. The fourth-order valence-electron chi connectivity index (χ4n) is 1.98. The smallest absolute Gasteiger partial charge is 0.276 e. The van der Waals surface area contributed by atoms with E-state index in [9.17, 15) is 8.42 Å². The topological polar surface area (TPSA) is 62.6 Å². The van der Waals surface area contributed by atoms with Gasteiger partial charge in [-0.05, 0) is 31.5 Å². The Morgan fingerprint density at radius 3 is 2.42 bits per heavy atom. The van der Waals surface area contributed by atoms with Gasteiger partial charge in [0.1, 0.15) is 5.76 Å². The SMILES string of the molecule is CCNCc1ccc(S(=O)(=O)N(C)C(CC)CC)o1. The molecule has 1 heterocycles. The second kappa shape index (κ2) is 7.07. The standard InChI is InChI=1S/C13H24N2O3S/c1-5-11(6-2)15(4)19(16,17)13-9-8-12(18-13)10-14-7-3/h8-9,11,14H,5-7,10H2,1-4H3. The zero-order valence-electron chi connectivity index (χ0n) is 12.1. The minimum Gasteiger partial charge on any atom is -0.447 e. The van der Waals surface area contributed by atoms with Crippen LogP contribution in [0.4, 0.5) is 0 Å². The van der Waals surface area contributed by atoms with Crippen LogP contribution in [0.3, 0.4) is 0 Å². The van der Waals surface area contributed by atoms with Crippen molar-refractivity contribution in [3.05, 3.63) is 17.9 Å². The number of hydrogen-bond donors (Lipinski definition) is 1. The molecule has 0 aromatic carbocycles. The first-order valence-electron chi connectivity index (χ1n) is 6.74. The summed E-state index contributed by atoms with van der Waals surface area (Å²) in [6, 6.07) is 3.24. The summed E-state index contributed by atoms with van der Waals surface area (Å²) in [6.07, 6.45) is 1.58. The van der Waals surface area contributed by atoms with Gasteiger partial charge in [-0.3, -0.25) is 0 Å². The molecule has 6 heteroatoms. The van der Waals surface area contributed by atoms with Crippen LogP contribution < -0.4 is 5.32 Å². The van der Waals surface area contributed by atoms with E-state index in [1.807, 2.05) is 20.8 Å². The van der Waals surface area contributed by atoms with E-state index < -0.39 is 10.0 Å². The summed E-state index contributed by atoms with van der Waals surface area (Å²) in [5.41, 5.74) is 0. The Bertz CT molecular complexity index is 478. The fourth-order valence-corrected chi connectivity index (χ4v) is 3.41. The van der Waals surface area contributed by atoms with Crippen molar-refractivity contribution in [1.82, 2.24) is 9.62 Å². The maximum atomic E-state index is 12.4. The van der Waals surface area contributed by atoms with Crippen molar-refractivity contribution < 1.29 is 12.8 Å². The van der Waals surface area contributed by atoms with Crippen LogP contribution in [-0.2, 0) is 16.6 Å². The summed E-state index contributed by atoms with van der Waals surface area (Å²) in [5.74, 6) is 0.637. The second-order valence-electron chi connectivity index (χ2n) is 4.49. The van der Waals surface area contributed by atoms with E-state index in [0.717, 1.165) is 19.4 Å². The molecule has 0 saturated carbocycles. The molecule has 1 aromatic heterocycles. The summed E-state index contributed by atoms with van der Waals surface area (Å²) >= 11 is 0. The molecular weight excluding hydrogens is 264 g/mol. The second-order valence-corrected chi connectivity index (χ2v) is 6.42. The molecule has 1 rings (SSSR count). The number of sulfonamides is 1. The lowest BCUT2D eigenvalue weighted by molar-refractivity contribution is 0.328. The summed E-state index contributed by atoms with van der Waals surface area (Å²) in [6.45, 7) is 7.32. The molecule has 0 aliphatic heterocycles. The van der Waals surface area contributed by atoms with Crippen molar-refractivity contribution in [3.8, 4) is 0 Å². The molecule has 110 valence electrons. The van der Waals surface area contributed by atoms with E-state index in [4.69, 9.17) is 4.42 Å². The normalized spacial score (nSPS) is 12.5. The summed E-state index contributed by atoms with van der Waals surface area (Å²) in [4.78, 5) is 0. The van der Waals surface area contributed by atoms with Gasteiger partial charge < -0.3 is 9.73 Å². The Morgan fingerprint density at radius 1 is 1.26 bits per heavy atom. The highest BCUT2D eigenvalue weighted by Crippen LogP contribution is 2.21. The maximum absolute atomic E-state index is 12.4. The number of hydrogen-bond acceptors (Lipinski definition) is 4. The first-order valence-corrected chi connectivity index (χ1v) is 8.18. The van der Waals surface area contributed by atoms with Gasteiger partial charge in [-0.25, -0.2) is 8.42 Å². The van der Waals surface area contributed by atoms with Crippen molar-refractivity contribution >= 4 is 10.0 Å². The Labute approximate surface area is 116 Å². The molecule has 0 radical (unpaired) electrons. The van der Waals surface area contributed by atoms with Gasteiger partial charge in [-0.2, -0.15) is 4.31 Å². The van der Waals surface area contributed by atoms with Crippen LogP contribution >= 0.6 is 0 Å². The van der Waals surface area contributed by atoms with E-state index in [-0.39, 0.29) is 11.1 Å². The molecule has 0 aliphatic carbocycles. The van der Waals surface area contributed by atoms with Gasteiger partial charge in [-0.15, -0.1) is 0 Å². The molecule has 0 fully saturated rings. The maximum Gasteiger partial charge on any atom is 0.276 e. The van der Waals surface area contributed by atoms with Gasteiger partial charge >= 0.3 is 0 Å². The number of rotatable bonds is 8. The molecular formula is C13H24N2O3S. The largest absolute Gasteiger partial charge is 0.447 e. The molecule has 0 bridgehead atoms. The Morgan fingerprint density at radius 2 is 1.89 bits per heavy atom. The van der Waals surface area contributed by atoms with Crippen molar-refractivity contribution in [2.75, 3.05) is 13.6 Å². The molecule has 0 atom stereocenters. The van der Waals surface area contributed by atoms with Crippen LogP contribution in [0.1, 0.15) is 39.4 Å². The van der Waals surface area contributed by atoms with Crippen molar-refractivity contribution in [2.24, 2.45) is 0 Å². The van der Waals surface area contributed by atoms with Gasteiger partial charge in [0.2, 0.25) is 5.09 Å². The van der Waals surface area contributed by atoms with Gasteiger partial charge in [0, 0.05) is 13.1 Å². The van der Waals surface area contributed by atoms with Crippen LogP contribution in [0.15, 0.2) is 21.6 Å². The zero-order valence-corrected chi connectivity index (χ0v) is 13.0. The summed E-state index contributed by atoms with van der Waals surface area (Å²) in [5, 5.41) is 3.12. The average molecular weight is 288 g/mol. The lowest BCUT2D eigenvalue weighted by Crippen LogP contribution is -2.36. The monoisotopic (exact) mass is 288 g/mol. The first-order chi connectivity index (χ1) is 8.97. The number of furan rings is 1. The van der Waals surface area contributed by atoms with Crippen molar-refractivity contribution in [3.63, 3.8) is 0 Å². The highest BCUT2D eigenvalue weighted by atomic mass is 32.2. The highest BCUT2D eigenvalue weighted by Gasteiger charge is 2.28. The van der Waals surface area contributed by atoms with Crippen LogP contribution in [0.5, 0.6) is 0 Å². The third-order valence-electron chi connectivity index (χ3n) is 3.28. The molecule has 0 aliphatic rings. The predicted molar refractivity (Wildman–Crippen MR) is 75.4 cm³/mol. The molecule has 1 N–H and O–H groups in total. The fraction of sp³-hybridized carbons (Fsp3) is 0.692. The van der Waals surface area contributed by atoms with E-state index in [1.165, 1.54) is 10.4 Å². The summed E-state index contributed by atoms with van der Waals surface area (Å²) < 4.78 is 31.6. The van der Waals surface area contributed by atoms with Crippen molar-refractivity contribution in [2.45, 2.75) is 51.3 Å². The number of nitrogens with zero attached hydrogens (tertiary/aromatic N) is 1. The lowest BCUT2D eigenvalue weighted by Gasteiger charge is -2.24. The van der Waals surface area contributed by atoms with E-state index in [2.05, 4.69) is 5.32 Å². The van der Waals surface area contributed by atoms with Crippen LogP contribution in [0.25, 0.3) is 0 Å². The minimum atomic E-state index is -3.53. The van der Waals surface area contributed by atoms with Crippen LogP contribution in [0.2, 0.25) is 0 Å². The van der Waals surface area contributed by atoms with Crippen LogP contribution in [-0.4, -0.2) is 32.4 Å². The Kier molecular flexibility index (Phi) is 6.03. The van der Waals surface area contributed by atoms with Gasteiger partial charge in [0.05, 0.1) is 6.54 Å². The molecule has 5 nitrogen and oxygen atoms in total. The van der Waals surface area contributed by atoms with E-state index >= 15 is 0 Å². The average Bonchev–Trinajstić information content (AvgIpc) is 2.87. The first kappa shape index (κ1) is 16.2. The molecule has 19 heavy (non-hydrogen) atoms. The summed E-state index contributed by atoms with van der Waals surface area (Å²) in [7, 11) is -1.92. The highest BCUT2D eigenvalue weighted by molar-refractivity contribution is 7.89. The van der Waals surface area contributed by atoms with Crippen LogP contribution in [0, 0.1) is 0 Å². The van der Waals surface area contributed by atoms with Gasteiger partial charge in [0.25, 0.3) is 10.0 Å². The zero-order chi connectivity index (χ0) is 14.5. The molecule has 1 aromatic rings. The molecule has 0 saturated heterocycles. The Hall–Kier alpha value is -0.850. The molecule has 0 amide bonds. The predicted octanol–water partition coefficient (Wildman–Crippen LogP) is 2.20. The van der Waals surface area contributed by atoms with Gasteiger partial charge in [-0.1, -0.05) is 20.8 Å². The molecule has 0 unspecified atom stereocenters. The van der Waals surface area contributed by atoms with E-state index in [1.54, 1.807) is 13.1 Å². The molecule has 0 spiro atoms. The van der Waals surface area contributed by atoms with Gasteiger partial charge in [0.15, 0.2) is 0 Å². The Balaban J connectivity index is 2.90.